The maximum absolute atomic E-state index is 10.6. The molecule has 0 amide bonds. The molecule has 3 nitrogen and oxygen atoms in total. The van der Waals surface area contributed by atoms with Crippen molar-refractivity contribution in [1.29, 1.82) is 0 Å². The summed E-state index contributed by atoms with van der Waals surface area (Å²) >= 11 is 0. The van der Waals surface area contributed by atoms with Gasteiger partial charge in [0.25, 0.3) is 10.1 Å². The minimum atomic E-state index is -4.00. The molecule has 0 radical (unpaired) electrons. The number of hydrogen-bond donors (Lipinski definition) is 1. The predicted octanol–water partition coefficient (Wildman–Crippen LogP) is -1.08. The van der Waals surface area contributed by atoms with Crippen molar-refractivity contribution in [3.63, 3.8) is 0 Å². The van der Waals surface area contributed by atoms with Gasteiger partial charge in [-0.1, -0.05) is 23.4 Å². The summed E-state index contributed by atoms with van der Waals surface area (Å²) in [5.41, 5.74) is 0. The van der Waals surface area contributed by atoms with Crippen LogP contribution in [0, 0.1) is 0 Å². The van der Waals surface area contributed by atoms with Crippen molar-refractivity contribution >= 4 is 25.5 Å². The lowest BCUT2D eigenvalue weighted by atomic mass is 10.4. The molecule has 0 fully saturated rings. The van der Waals surface area contributed by atoms with Crippen LogP contribution in [0.2, 0.25) is 0 Å². The van der Waals surface area contributed by atoms with Crippen molar-refractivity contribution < 1.29 is 13.0 Å². The lowest BCUT2D eigenvalue weighted by Gasteiger charge is -1.99. The molecule has 0 atom stereocenters. The van der Waals surface area contributed by atoms with Crippen molar-refractivity contribution in [2.75, 3.05) is 0 Å². The molecular weight excluding hydrogens is 180 g/mol. The quantitative estimate of drug-likeness (QED) is 0.451. The van der Waals surface area contributed by atoms with Crippen LogP contribution in [0.25, 0.3) is 0 Å². The first-order valence-corrected chi connectivity index (χ1v) is 5.49. The zero-order chi connectivity index (χ0) is 8.48. The molecule has 0 heterocycles. The molecule has 0 unspecified atom stereocenters. The first kappa shape index (κ1) is 8.44. The van der Waals surface area contributed by atoms with E-state index in [0.717, 1.165) is 0 Å². The van der Waals surface area contributed by atoms with Gasteiger partial charge >= 0.3 is 0 Å². The van der Waals surface area contributed by atoms with Crippen molar-refractivity contribution in [2.24, 2.45) is 0 Å². The molecule has 11 heavy (non-hydrogen) atoms. The standard InChI is InChI=1S/C6H8O3SSi/c7-10(8,9)5-3-1-2-4-6(5)11/h1-4H,11H3,(H,7,8,9). The Labute approximate surface area is 68.2 Å². The van der Waals surface area contributed by atoms with Crippen LogP contribution < -0.4 is 5.19 Å². The van der Waals surface area contributed by atoms with Gasteiger partial charge in [-0.25, -0.2) is 0 Å². The van der Waals surface area contributed by atoms with Crippen LogP contribution in [0.15, 0.2) is 29.2 Å². The van der Waals surface area contributed by atoms with Gasteiger partial charge in [0.1, 0.15) is 0 Å². The Hall–Kier alpha value is -0.653. The summed E-state index contributed by atoms with van der Waals surface area (Å²) < 4.78 is 29.9. The second-order valence-corrected chi connectivity index (χ2v) is 4.71. The summed E-state index contributed by atoms with van der Waals surface area (Å²) in [6.07, 6.45) is 0. The third kappa shape index (κ3) is 1.89. The molecule has 60 valence electrons. The Morgan fingerprint density at radius 2 is 1.82 bits per heavy atom. The van der Waals surface area contributed by atoms with Crippen LogP contribution in [0.3, 0.4) is 0 Å². The van der Waals surface area contributed by atoms with Crippen LogP contribution in [0.1, 0.15) is 0 Å². The highest BCUT2D eigenvalue weighted by Gasteiger charge is 2.10. The van der Waals surface area contributed by atoms with E-state index >= 15 is 0 Å². The molecule has 0 aliphatic heterocycles. The summed E-state index contributed by atoms with van der Waals surface area (Å²) in [5.74, 6) is 0. The maximum atomic E-state index is 10.6. The van der Waals surface area contributed by atoms with Gasteiger partial charge in [0, 0.05) is 10.2 Å². The Bertz CT molecular complexity index is 358. The molecule has 5 heteroatoms. The molecule has 1 N–H and O–H groups in total. The average molecular weight is 188 g/mol. The fourth-order valence-corrected chi connectivity index (χ4v) is 2.70. The van der Waals surface area contributed by atoms with Crippen molar-refractivity contribution in [3.8, 4) is 0 Å². The van der Waals surface area contributed by atoms with Gasteiger partial charge in [0.05, 0.1) is 4.90 Å². The lowest BCUT2D eigenvalue weighted by molar-refractivity contribution is 0.484. The topological polar surface area (TPSA) is 54.4 Å². The maximum Gasteiger partial charge on any atom is 0.294 e. The van der Waals surface area contributed by atoms with E-state index in [9.17, 15) is 8.42 Å². The van der Waals surface area contributed by atoms with Crippen LogP contribution in [-0.2, 0) is 10.1 Å². The summed E-state index contributed by atoms with van der Waals surface area (Å²) in [7, 11) is -3.38. The van der Waals surface area contributed by atoms with Gasteiger partial charge in [-0.2, -0.15) is 8.42 Å². The van der Waals surface area contributed by atoms with Crippen molar-refractivity contribution in [1.82, 2.24) is 0 Å². The summed E-state index contributed by atoms with van der Waals surface area (Å²) in [6, 6.07) is 6.43. The second-order valence-electron chi connectivity index (χ2n) is 2.24. The molecule has 1 aromatic rings. The number of benzene rings is 1. The molecule has 0 aliphatic carbocycles. The Morgan fingerprint density at radius 1 is 1.27 bits per heavy atom. The molecule has 1 rings (SSSR count). The highest BCUT2D eigenvalue weighted by Crippen LogP contribution is 2.02. The summed E-state index contributed by atoms with van der Waals surface area (Å²) in [6.45, 7) is 0. The van der Waals surface area contributed by atoms with E-state index in [-0.39, 0.29) is 4.90 Å². The molecule has 0 spiro atoms. The molecule has 0 saturated heterocycles. The first-order chi connectivity index (χ1) is 5.02. The zero-order valence-corrected chi connectivity index (χ0v) is 8.80. The largest absolute Gasteiger partial charge is 0.294 e. The number of rotatable bonds is 1. The molecule has 0 aromatic heterocycles. The Morgan fingerprint density at radius 3 is 2.18 bits per heavy atom. The molecule has 1 aromatic carbocycles. The van der Waals surface area contributed by atoms with Crippen LogP contribution >= 0.6 is 0 Å². The summed E-state index contributed by atoms with van der Waals surface area (Å²) in [5, 5.41) is 0.690. The van der Waals surface area contributed by atoms with E-state index in [1.165, 1.54) is 6.07 Å². The molecule has 0 aliphatic rings. The van der Waals surface area contributed by atoms with Gasteiger partial charge < -0.3 is 0 Å². The third-order valence-corrected chi connectivity index (χ3v) is 3.62. The summed E-state index contributed by atoms with van der Waals surface area (Å²) in [4.78, 5) is 0.0340. The smallest absolute Gasteiger partial charge is 0.282 e. The van der Waals surface area contributed by atoms with E-state index in [4.69, 9.17) is 4.55 Å². The van der Waals surface area contributed by atoms with Crippen LogP contribution in [-0.4, -0.2) is 23.2 Å². The second kappa shape index (κ2) is 2.76. The van der Waals surface area contributed by atoms with Crippen LogP contribution in [0.4, 0.5) is 0 Å². The lowest BCUT2D eigenvalue weighted by Crippen LogP contribution is -2.14. The monoisotopic (exact) mass is 188 g/mol. The minimum absolute atomic E-state index is 0.0340. The Balaban J connectivity index is 3.37. The highest BCUT2D eigenvalue weighted by molar-refractivity contribution is 7.86. The van der Waals surface area contributed by atoms with E-state index in [2.05, 4.69) is 0 Å². The first-order valence-electron chi connectivity index (χ1n) is 3.05. The highest BCUT2D eigenvalue weighted by atomic mass is 32.2. The third-order valence-electron chi connectivity index (χ3n) is 1.37. The van der Waals surface area contributed by atoms with Gasteiger partial charge in [0.2, 0.25) is 0 Å². The average Bonchev–Trinajstić information content (AvgIpc) is 1.86. The van der Waals surface area contributed by atoms with Crippen molar-refractivity contribution in [2.45, 2.75) is 4.90 Å². The van der Waals surface area contributed by atoms with Gasteiger partial charge in [-0.15, -0.1) is 0 Å². The van der Waals surface area contributed by atoms with Crippen LogP contribution in [0.5, 0.6) is 0 Å². The number of hydrogen-bond acceptors (Lipinski definition) is 2. The normalized spacial score (nSPS) is 11.7. The minimum Gasteiger partial charge on any atom is -0.282 e. The predicted molar refractivity (Wildman–Crippen MR) is 45.8 cm³/mol. The fraction of sp³-hybridized carbons (Fsp3) is 0. The molecule has 0 bridgehead atoms. The van der Waals surface area contributed by atoms with E-state index in [1.54, 1.807) is 18.2 Å². The van der Waals surface area contributed by atoms with Gasteiger partial charge in [-0.3, -0.25) is 4.55 Å². The van der Waals surface area contributed by atoms with Gasteiger partial charge in [0.15, 0.2) is 0 Å². The molecule has 0 saturated carbocycles. The van der Waals surface area contributed by atoms with E-state index in [1.807, 2.05) is 0 Å². The zero-order valence-electron chi connectivity index (χ0n) is 5.98. The molecular formula is C6H8O3SSi. The van der Waals surface area contributed by atoms with E-state index < -0.39 is 10.1 Å². The Kier molecular flexibility index (Phi) is 2.12. The van der Waals surface area contributed by atoms with Gasteiger partial charge in [-0.05, 0) is 6.07 Å². The van der Waals surface area contributed by atoms with Crippen molar-refractivity contribution in [3.05, 3.63) is 24.3 Å². The fourth-order valence-electron chi connectivity index (χ4n) is 0.846. The van der Waals surface area contributed by atoms with E-state index in [0.29, 0.717) is 15.4 Å². The SMILES string of the molecule is O=S(=O)(O)c1ccccc1[SiH3].